The third kappa shape index (κ3) is 3.60. The van der Waals surface area contributed by atoms with Crippen LogP contribution in [0.3, 0.4) is 0 Å². The van der Waals surface area contributed by atoms with E-state index in [2.05, 4.69) is 13.0 Å². The molecule has 1 aliphatic carbocycles. The molecule has 0 aromatic heterocycles. The van der Waals surface area contributed by atoms with Gasteiger partial charge in [0, 0.05) is 13.1 Å². The molecule has 23 heavy (non-hydrogen) atoms. The lowest BCUT2D eigenvalue weighted by Gasteiger charge is -2.26. The van der Waals surface area contributed by atoms with Crippen molar-refractivity contribution in [2.75, 3.05) is 13.7 Å². The zero-order valence-corrected chi connectivity index (χ0v) is 14.3. The zero-order valence-electron chi connectivity index (χ0n) is 14.3. The summed E-state index contributed by atoms with van der Waals surface area (Å²) in [6, 6.07) is 8.01. The van der Waals surface area contributed by atoms with Gasteiger partial charge in [0.2, 0.25) is 5.91 Å². The Morgan fingerprint density at radius 2 is 2.00 bits per heavy atom. The number of nitrogens with zero attached hydrogens (tertiary/aromatic N) is 1. The summed E-state index contributed by atoms with van der Waals surface area (Å²) in [6.07, 6.45) is 9.25. The van der Waals surface area contributed by atoms with Crippen molar-refractivity contribution in [2.45, 2.75) is 52.0 Å². The van der Waals surface area contributed by atoms with E-state index in [1.807, 2.05) is 29.2 Å². The van der Waals surface area contributed by atoms with Gasteiger partial charge in [0.15, 0.2) is 0 Å². The Morgan fingerprint density at radius 3 is 2.65 bits per heavy atom. The number of carbonyl (C=O) groups excluding carboxylic acids is 1. The third-order valence-corrected chi connectivity index (χ3v) is 5.27. The molecule has 2 aliphatic rings. The van der Waals surface area contributed by atoms with Crippen molar-refractivity contribution in [3.63, 3.8) is 0 Å². The SMILES string of the molecule is COc1ccc(CN2CC[C@](C)(CC3=CCCCC3)C2=O)cc1. The average Bonchev–Trinajstić information content (AvgIpc) is 2.85. The number of rotatable bonds is 5. The van der Waals surface area contributed by atoms with E-state index in [9.17, 15) is 4.79 Å². The average molecular weight is 313 g/mol. The number of allylic oxidation sites excluding steroid dienone is 2. The van der Waals surface area contributed by atoms with Crippen molar-refractivity contribution < 1.29 is 9.53 Å². The molecule has 0 N–H and O–H groups in total. The molecule has 3 heteroatoms. The Kier molecular flexibility index (Phi) is 4.74. The zero-order chi connectivity index (χ0) is 16.3. The maximum Gasteiger partial charge on any atom is 0.229 e. The minimum absolute atomic E-state index is 0.199. The van der Waals surface area contributed by atoms with Gasteiger partial charge >= 0.3 is 0 Å². The number of hydrogen-bond acceptors (Lipinski definition) is 2. The summed E-state index contributed by atoms with van der Waals surface area (Å²) in [6.45, 7) is 3.73. The number of benzene rings is 1. The topological polar surface area (TPSA) is 29.5 Å². The second kappa shape index (κ2) is 6.77. The summed E-state index contributed by atoms with van der Waals surface area (Å²) in [4.78, 5) is 14.9. The Hall–Kier alpha value is -1.77. The molecule has 0 radical (unpaired) electrons. The lowest BCUT2D eigenvalue weighted by Crippen LogP contribution is -2.32. The first kappa shape index (κ1) is 16.1. The highest BCUT2D eigenvalue weighted by molar-refractivity contribution is 5.84. The number of hydrogen-bond donors (Lipinski definition) is 0. The lowest BCUT2D eigenvalue weighted by molar-refractivity contribution is -0.135. The van der Waals surface area contributed by atoms with Gasteiger partial charge in [0.05, 0.1) is 12.5 Å². The number of amides is 1. The van der Waals surface area contributed by atoms with Crippen molar-refractivity contribution in [2.24, 2.45) is 5.41 Å². The molecule has 1 fully saturated rings. The molecular weight excluding hydrogens is 286 g/mol. The van der Waals surface area contributed by atoms with E-state index in [1.165, 1.54) is 36.8 Å². The van der Waals surface area contributed by atoms with Crippen molar-refractivity contribution >= 4 is 5.91 Å². The fourth-order valence-corrected chi connectivity index (χ4v) is 3.80. The highest BCUT2D eigenvalue weighted by Gasteiger charge is 2.42. The van der Waals surface area contributed by atoms with Crippen LogP contribution in [-0.2, 0) is 11.3 Å². The highest BCUT2D eigenvalue weighted by Crippen LogP contribution is 2.40. The van der Waals surface area contributed by atoms with Gasteiger partial charge in [-0.15, -0.1) is 0 Å². The normalized spacial score (nSPS) is 24.7. The predicted octanol–water partition coefficient (Wildman–Crippen LogP) is 4.32. The monoisotopic (exact) mass is 313 g/mol. The van der Waals surface area contributed by atoms with E-state index in [-0.39, 0.29) is 5.41 Å². The van der Waals surface area contributed by atoms with E-state index in [0.717, 1.165) is 25.1 Å². The third-order valence-electron chi connectivity index (χ3n) is 5.27. The van der Waals surface area contributed by atoms with E-state index in [4.69, 9.17) is 4.74 Å². The molecule has 0 spiro atoms. The van der Waals surface area contributed by atoms with Crippen LogP contribution in [0.5, 0.6) is 5.75 Å². The largest absolute Gasteiger partial charge is 0.497 e. The minimum Gasteiger partial charge on any atom is -0.497 e. The molecule has 1 aromatic rings. The molecule has 0 unspecified atom stereocenters. The van der Waals surface area contributed by atoms with Gasteiger partial charge in [-0.25, -0.2) is 0 Å². The molecule has 0 saturated carbocycles. The lowest BCUT2D eigenvalue weighted by atomic mass is 9.79. The second-order valence-corrected chi connectivity index (χ2v) is 7.17. The molecule has 1 atom stereocenters. The van der Waals surface area contributed by atoms with Crippen molar-refractivity contribution in [3.05, 3.63) is 41.5 Å². The fraction of sp³-hybridized carbons (Fsp3) is 0.550. The summed E-state index contributed by atoms with van der Waals surface area (Å²) in [5.74, 6) is 1.18. The quantitative estimate of drug-likeness (QED) is 0.757. The van der Waals surface area contributed by atoms with Crippen LogP contribution in [0.4, 0.5) is 0 Å². The van der Waals surface area contributed by atoms with E-state index >= 15 is 0 Å². The molecule has 1 aromatic carbocycles. The van der Waals surface area contributed by atoms with Gasteiger partial charge in [-0.2, -0.15) is 0 Å². The Bertz CT molecular complexity index is 590. The first-order valence-electron chi connectivity index (χ1n) is 8.71. The Labute approximate surface area is 139 Å². The Balaban J connectivity index is 1.64. The minimum atomic E-state index is -0.199. The van der Waals surface area contributed by atoms with Crippen LogP contribution >= 0.6 is 0 Å². The summed E-state index contributed by atoms with van der Waals surface area (Å²) in [5.41, 5.74) is 2.47. The van der Waals surface area contributed by atoms with Gasteiger partial charge in [-0.05, 0) is 56.2 Å². The van der Waals surface area contributed by atoms with Crippen molar-refractivity contribution in [1.29, 1.82) is 0 Å². The molecular formula is C20H27NO2. The molecule has 0 bridgehead atoms. The summed E-state index contributed by atoms with van der Waals surface area (Å²) in [7, 11) is 1.67. The van der Waals surface area contributed by atoms with Gasteiger partial charge in [-0.3, -0.25) is 4.79 Å². The highest BCUT2D eigenvalue weighted by atomic mass is 16.5. The second-order valence-electron chi connectivity index (χ2n) is 7.17. The number of methoxy groups -OCH3 is 1. The number of ether oxygens (including phenoxy) is 1. The van der Waals surface area contributed by atoms with Crippen LogP contribution in [0, 0.1) is 5.41 Å². The smallest absolute Gasteiger partial charge is 0.229 e. The van der Waals surface area contributed by atoms with Gasteiger partial charge in [0.25, 0.3) is 0 Å². The van der Waals surface area contributed by atoms with E-state index < -0.39 is 0 Å². The maximum atomic E-state index is 12.9. The molecule has 1 heterocycles. The molecule has 1 aliphatic heterocycles. The molecule has 3 nitrogen and oxygen atoms in total. The van der Waals surface area contributed by atoms with Crippen molar-refractivity contribution in [3.8, 4) is 5.75 Å². The van der Waals surface area contributed by atoms with E-state index in [0.29, 0.717) is 12.5 Å². The maximum absolute atomic E-state index is 12.9. The summed E-state index contributed by atoms with van der Waals surface area (Å²) in [5, 5.41) is 0. The van der Waals surface area contributed by atoms with E-state index in [1.54, 1.807) is 7.11 Å². The first-order valence-corrected chi connectivity index (χ1v) is 8.71. The molecule has 3 rings (SSSR count). The molecule has 1 amide bonds. The summed E-state index contributed by atoms with van der Waals surface area (Å²) < 4.78 is 5.19. The van der Waals surface area contributed by atoms with Crippen LogP contribution in [0.15, 0.2) is 35.9 Å². The van der Waals surface area contributed by atoms with Crippen LogP contribution in [-0.4, -0.2) is 24.5 Å². The number of carbonyl (C=O) groups is 1. The van der Waals surface area contributed by atoms with Crippen LogP contribution in [0.2, 0.25) is 0 Å². The molecule has 124 valence electrons. The van der Waals surface area contributed by atoms with Gasteiger partial charge < -0.3 is 9.64 Å². The van der Waals surface area contributed by atoms with Gasteiger partial charge in [-0.1, -0.05) is 30.7 Å². The standard InChI is InChI=1S/C20H27NO2/c1-20(14-16-6-4-3-5-7-16)12-13-21(19(20)22)15-17-8-10-18(23-2)11-9-17/h6,8-11H,3-5,7,12-15H2,1-2H3/t20-/m1/s1. The van der Waals surface area contributed by atoms with Crippen LogP contribution < -0.4 is 4.74 Å². The van der Waals surface area contributed by atoms with Crippen LogP contribution in [0.1, 0.15) is 51.0 Å². The first-order chi connectivity index (χ1) is 11.1. The number of likely N-dealkylation sites (tertiary alicyclic amines) is 1. The van der Waals surface area contributed by atoms with Crippen LogP contribution in [0.25, 0.3) is 0 Å². The van der Waals surface area contributed by atoms with Gasteiger partial charge in [0.1, 0.15) is 5.75 Å². The predicted molar refractivity (Wildman–Crippen MR) is 92.3 cm³/mol. The van der Waals surface area contributed by atoms with Crippen molar-refractivity contribution in [1.82, 2.24) is 4.90 Å². The molecule has 1 saturated heterocycles. The Morgan fingerprint density at radius 1 is 1.22 bits per heavy atom. The summed E-state index contributed by atoms with van der Waals surface area (Å²) >= 11 is 0. The fourth-order valence-electron chi connectivity index (χ4n) is 3.80.